The second kappa shape index (κ2) is 6.91. The fourth-order valence-corrected chi connectivity index (χ4v) is 3.40. The van der Waals surface area contributed by atoms with Gasteiger partial charge in [0, 0.05) is 16.5 Å². The molecule has 0 bridgehead atoms. The second-order valence-electron chi connectivity index (χ2n) is 5.78. The van der Waals surface area contributed by atoms with Gasteiger partial charge in [-0.25, -0.2) is 0 Å². The Bertz CT molecular complexity index is 1010. The molecular formula is C20H16N2O2S. The summed E-state index contributed by atoms with van der Waals surface area (Å²) in [4.78, 5) is 13.0. The zero-order chi connectivity index (χ0) is 17.1. The van der Waals surface area contributed by atoms with Crippen molar-refractivity contribution in [3.8, 4) is 11.3 Å². The highest BCUT2D eigenvalue weighted by Crippen LogP contribution is 2.25. The molecular weight excluding hydrogens is 332 g/mol. The second-order valence-corrected chi connectivity index (χ2v) is 6.81. The summed E-state index contributed by atoms with van der Waals surface area (Å²) in [5, 5.41) is 11.2. The van der Waals surface area contributed by atoms with Crippen LogP contribution in [0.2, 0.25) is 0 Å². The number of rotatable bonds is 5. The van der Waals surface area contributed by atoms with Crippen LogP contribution in [0.5, 0.6) is 0 Å². The normalized spacial score (nSPS) is 10.9. The first-order valence-corrected chi connectivity index (χ1v) is 8.90. The van der Waals surface area contributed by atoms with Crippen molar-refractivity contribution in [3.63, 3.8) is 0 Å². The molecule has 0 aliphatic carbocycles. The Morgan fingerprint density at radius 3 is 2.76 bits per heavy atom. The van der Waals surface area contributed by atoms with Crippen molar-refractivity contribution in [3.05, 3.63) is 76.6 Å². The lowest BCUT2D eigenvalue weighted by Crippen LogP contribution is -2.24. The van der Waals surface area contributed by atoms with E-state index in [4.69, 9.17) is 4.52 Å². The average Bonchev–Trinajstić information content (AvgIpc) is 3.31. The number of aromatic nitrogens is 1. The van der Waals surface area contributed by atoms with Gasteiger partial charge < -0.3 is 9.84 Å². The van der Waals surface area contributed by atoms with Crippen LogP contribution in [0.15, 0.2) is 70.6 Å². The Morgan fingerprint density at radius 2 is 1.92 bits per heavy atom. The van der Waals surface area contributed by atoms with Gasteiger partial charge in [-0.15, -0.1) is 11.3 Å². The molecule has 0 atom stereocenters. The number of nitrogens with one attached hydrogen (secondary N) is 1. The maximum atomic E-state index is 11.9. The molecule has 1 N–H and O–H groups in total. The molecule has 0 saturated carbocycles. The number of nitrogens with zero attached hydrogens (tertiary/aromatic N) is 1. The maximum Gasteiger partial charge on any atom is 0.225 e. The lowest BCUT2D eigenvalue weighted by atomic mass is 10.1. The lowest BCUT2D eigenvalue weighted by molar-refractivity contribution is -0.120. The molecule has 2 aromatic carbocycles. The quantitative estimate of drug-likeness (QED) is 0.581. The fourth-order valence-electron chi connectivity index (χ4n) is 2.70. The predicted octanol–water partition coefficient (Wildman–Crippen LogP) is 4.42. The number of carbonyl (C=O) groups is 1. The highest BCUT2D eigenvalue weighted by molar-refractivity contribution is 7.10. The Balaban J connectivity index is 1.43. The molecule has 0 radical (unpaired) electrons. The summed E-state index contributed by atoms with van der Waals surface area (Å²) in [6.07, 6.45) is 0.396. The molecule has 1 amide bonds. The fraction of sp³-hybridized carbons (Fsp3) is 0.100. The van der Waals surface area contributed by atoms with Gasteiger partial charge in [0.15, 0.2) is 5.76 Å². The van der Waals surface area contributed by atoms with Crippen LogP contribution >= 0.6 is 11.3 Å². The van der Waals surface area contributed by atoms with Crippen molar-refractivity contribution >= 4 is 28.0 Å². The zero-order valence-electron chi connectivity index (χ0n) is 13.4. The smallest absolute Gasteiger partial charge is 0.225 e. The van der Waals surface area contributed by atoms with Crippen LogP contribution in [-0.2, 0) is 17.8 Å². The number of amides is 1. The number of hydrogen-bond acceptors (Lipinski definition) is 4. The standard InChI is InChI=1S/C20H16N2O2S/c23-20(12-18-6-3-9-25-18)21-13-17-11-19(24-22-17)16-8-7-14-4-1-2-5-15(14)10-16/h1-11H,12-13H2,(H,21,23). The van der Waals surface area contributed by atoms with Crippen molar-refractivity contribution < 1.29 is 9.32 Å². The van der Waals surface area contributed by atoms with Gasteiger partial charge in [0.05, 0.1) is 13.0 Å². The van der Waals surface area contributed by atoms with Crippen molar-refractivity contribution in [2.75, 3.05) is 0 Å². The van der Waals surface area contributed by atoms with Crippen LogP contribution in [0.4, 0.5) is 0 Å². The number of carbonyl (C=O) groups excluding carboxylic acids is 1. The van der Waals surface area contributed by atoms with Crippen molar-refractivity contribution in [2.24, 2.45) is 0 Å². The Morgan fingerprint density at radius 1 is 1.04 bits per heavy atom. The van der Waals surface area contributed by atoms with E-state index in [1.807, 2.05) is 41.8 Å². The van der Waals surface area contributed by atoms with Crippen LogP contribution in [-0.4, -0.2) is 11.1 Å². The summed E-state index contributed by atoms with van der Waals surface area (Å²) >= 11 is 1.58. The molecule has 0 aliphatic heterocycles. The topological polar surface area (TPSA) is 55.1 Å². The molecule has 2 heterocycles. The molecule has 5 heteroatoms. The van der Waals surface area contributed by atoms with Crippen LogP contribution < -0.4 is 5.32 Å². The van der Waals surface area contributed by atoms with Gasteiger partial charge in [0.1, 0.15) is 5.69 Å². The van der Waals surface area contributed by atoms with Gasteiger partial charge in [-0.2, -0.15) is 0 Å². The van der Waals surface area contributed by atoms with E-state index in [0.717, 1.165) is 15.8 Å². The van der Waals surface area contributed by atoms with Gasteiger partial charge >= 0.3 is 0 Å². The van der Waals surface area contributed by atoms with E-state index >= 15 is 0 Å². The van der Waals surface area contributed by atoms with Gasteiger partial charge in [0.2, 0.25) is 5.91 Å². The maximum absolute atomic E-state index is 11.9. The first kappa shape index (κ1) is 15.6. The Labute approximate surface area is 149 Å². The molecule has 0 fully saturated rings. The van der Waals surface area contributed by atoms with E-state index < -0.39 is 0 Å². The monoisotopic (exact) mass is 348 g/mol. The average molecular weight is 348 g/mol. The molecule has 4 aromatic rings. The van der Waals surface area contributed by atoms with Crippen LogP contribution in [0, 0.1) is 0 Å². The summed E-state index contributed by atoms with van der Waals surface area (Å²) in [5.74, 6) is 0.686. The molecule has 25 heavy (non-hydrogen) atoms. The Kier molecular flexibility index (Phi) is 4.31. The summed E-state index contributed by atoms with van der Waals surface area (Å²) < 4.78 is 5.44. The van der Waals surface area contributed by atoms with E-state index in [0.29, 0.717) is 24.4 Å². The number of fused-ring (bicyclic) bond motifs is 1. The molecule has 0 spiro atoms. The predicted molar refractivity (Wildman–Crippen MR) is 99.3 cm³/mol. The van der Waals surface area contributed by atoms with E-state index in [-0.39, 0.29) is 5.91 Å². The van der Waals surface area contributed by atoms with Gasteiger partial charge in [-0.1, -0.05) is 47.6 Å². The van der Waals surface area contributed by atoms with E-state index in [2.05, 4.69) is 34.7 Å². The molecule has 2 aromatic heterocycles. The van der Waals surface area contributed by atoms with Gasteiger partial charge in [-0.05, 0) is 28.3 Å². The molecule has 0 aliphatic rings. The van der Waals surface area contributed by atoms with Crippen LogP contribution in [0.1, 0.15) is 10.6 Å². The summed E-state index contributed by atoms with van der Waals surface area (Å²) in [7, 11) is 0. The minimum absolute atomic E-state index is 0.0160. The third kappa shape index (κ3) is 3.61. The number of benzene rings is 2. The highest BCUT2D eigenvalue weighted by Gasteiger charge is 2.09. The third-order valence-corrected chi connectivity index (χ3v) is 4.85. The minimum atomic E-state index is -0.0160. The molecule has 4 nitrogen and oxygen atoms in total. The Hall–Kier alpha value is -2.92. The van der Waals surface area contributed by atoms with Crippen LogP contribution in [0.3, 0.4) is 0 Å². The highest BCUT2D eigenvalue weighted by atomic mass is 32.1. The molecule has 4 rings (SSSR count). The van der Waals surface area contributed by atoms with Gasteiger partial charge in [0.25, 0.3) is 0 Å². The van der Waals surface area contributed by atoms with Gasteiger partial charge in [-0.3, -0.25) is 4.79 Å². The number of hydrogen-bond donors (Lipinski definition) is 1. The zero-order valence-corrected chi connectivity index (χ0v) is 14.3. The first-order valence-electron chi connectivity index (χ1n) is 8.02. The van der Waals surface area contributed by atoms with E-state index in [9.17, 15) is 4.79 Å². The summed E-state index contributed by atoms with van der Waals surface area (Å²) in [6.45, 7) is 0.362. The SMILES string of the molecule is O=C(Cc1cccs1)NCc1cc(-c2ccc3ccccc3c2)on1. The third-order valence-electron chi connectivity index (χ3n) is 3.97. The van der Waals surface area contributed by atoms with Crippen molar-refractivity contribution in [1.29, 1.82) is 0 Å². The molecule has 124 valence electrons. The molecule has 0 saturated heterocycles. The van der Waals surface area contributed by atoms with Crippen LogP contribution in [0.25, 0.3) is 22.1 Å². The first-order chi connectivity index (χ1) is 12.3. The lowest BCUT2D eigenvalue weighted by Gasteiger charge is -2.01. The minimum Gasteiger partial charge on any atom is -0.356 e. The summed E-state index contributed by atoms with van der Waals surface area (Å²) in [6, 6.07) is 20.1. The van der Waals surface area contributed by atoms with E-state index in [1.165, 1.54) is 5.39 Å². The van der Waals surface area contributed by atoms with E-state index in [1.54, 1.807) is 11.3 Å². The van der Waals surface area contributed by atoms with Crippen molar-refractivity contribution in [2.45, 2.75) is 13.0 Å². The van der Waals surface area contributed by atoms with Crippen molar-refractivity contribution in [1.82, 2.24) is 10.5 Å². The molecule has 0 unspecified atom stereocenters. The summed E-state index contributed by atoms with van der Waals surface area (Å²) in [5.41, 5.74) is 1.69. The number of thiophene rings is 1. The largest absolute Gasteiger partial charge is 0.356 e.